The van der Waals surface area contributed by atoms with E-state index in [-0.39, 0.29) is 18.4 Å². The van der Waals surface area contributed by atoms with E-state index in [0.717, 1.165) is 35.2 Å². The summed E-state index contributed by atoms with van der Waals surface area (Å²) in [7, 11) is 0. The molecule has 0 spiro atoms. The van der Waals surface area contributed by atoms with Crippen LogP contribution in [0.3, 0.4) is 0 Å². The standard InChI is InChI=1S/C16H19BrN2O2/c1-2-9-21-15-6-5-14(17)10-13(15)11-18-7-8-19-16(20)12-3-4-12/h1,5-6,10,12,18H,3-4,7-9,11H2,(H,19,20). The van der Waals surface area contributed by atoms with E-state index in [1.165, 1.54) is 0 Å². The monoisotopic (exact) mass is 350 g/mol. The van der Waals surface area contributed by atoms with Crippen LogP contribution in [-0.4, -0.2) is 25.6 Å². The van der Waals surface area contributed by atoms with Crippen LogP contribution in [0, 0.1) is 18.3 Å². The van der Waals surface area contributed by atoms with Crippen molar-refractivity contribution < 1.29 is 9.53 Å². The normalized spacial score (nSPS) is 13.5. The lowest BCUT2D eigenvalue weighted by molar-refractivity contribution is -0.122. The van der Waals surface area contributed by atoms with Crippen molar-refractivity contribution in [2.75, 3.05) is 19.7 Å². The predicted octanol–water partition coefficient (Wildman–Crippen LogP) is 2.08. The quantitative estimate of drug-likeness (QED) is 0.557. The predicted molar refractivity (Wildman–Crippen MR) is 85.9 cm³/mol. The molecule has 0 aliphatic heterocycles. The summed E-state index contributed by atoms with van der Waals surface area (Å²) < 4.78 is 6.50. The Kier molecular flexibility index (Phi) is 6.09. The number of carbonyl (C=O) groups excluding carboxylic acids is 1. The van der Waals surface area contributed by atoms with E-state index in [1.54, 1.807) is 0 Å². The van der Waals surface area contributed by atoms with E-state index < -0.39 is 0 Å². The van der Waals surface area contributed by atoms with Gasteiger partial charge in [0.1, 0.15) is 12.4 Å². The van der Waals surface area contributed by atoms with Crippen molar-refractivity contribution in [2.45, 2.75) is 19.4 Å². The summed E-state index contributed by atoms with van der Waals surface area (Å²) in [6.07, 6.45) is 7.28. The highest BCUT2D eigenvalue weighted by Crippen LogP contribution is 2.28. The van der Waals surface area contributed by atoms with E-state index in [9.17, 15) is 4.79 Å². The fourth-order valence-electron chi connectivity index (χ4n) is 1.93. The summed E-state index contributed by atoms with van der Waals surface area (Å²) in [5, 5.41) is 6.22. The average molecular weight is 351 g/mol. The molecule has 1 amide bonds. The highest BCUT2D eigenvalue weighted by Gasteiger charge is 2.28. The van der Waals surface area contributed by atoms with E-state index in [1.807, 2.05) is 18.2 Å². The molecule has 1 saturated carbocycles. The number of nitrogens with one attached hydrogen (secondary N) is 2. The third-order valence-electron chi connectivity index (χ3n) is 3.20. The Bertz CT molecular complexity index is 536. The van der Waals surface area contributed by atoms with Gasteiger partial charge in [0, 0.05) is 35.6 Å². The zero-order valence-corrected chi connectivity index (χ0v) is 13.4. The molecule has 0 atom stereocenters. The molecule has 1 fully saturated rings. The molecule has 1 aromatic rings. The third kappa shape index (κ3) is 5.41. The number of ether oxygens (including phenoxy) is 1. The molecule has 2 N–H and O–H groups in total. The van der Waals surface area contributed by atoms with Crippen LogP contribution in [0.1, 0.15) is 18.4 Å². The van der Waals surface area contributed by atoms with Gasteiger partial charge < -0.3 is 15.4 Å². The van der Waals surface area contributed by atoms with Crippen molar-refractivity contribution in [1.82, 2.24) is 10.6 Å². The Morgan fingerprint density at radius 2 is 2.24 bits per heavy atom. The SMILES string of the molecule is C#CCOc1ccc(Br)cc1CNCCNC(=O)C1CC1. The Labute approximate surface area is 133 Å². The van der Waals surface area contributed by atoms with E-state index in [0.29, 0.717) is 13.1 Å². The van der Waals surface area contributed by atoms with Gasteiger partial charge in [-0.25, -0.2) is 0 Å². The lowest BCUT2D eigenvalue weighted by atomic mass is 10.2. The van der Waals surface area contributed by atoms with Crippen LogP contribution in [0.2, 0.25) is 0 Å². The molecule has 0 heterocycles. The van der Waals surface area contributed by atoms with Gasteiger partial charge >= 0.3 is 0 Å². The number of hydrogen-bond acceptors (Lipinski definition) is 3. The van der Waals surface area contributed by atoms with Gasteiger partial charge in [-0.15, -0.1) is 6.42 Å². The largest absolute Gasteiger partial charge is 0.481 e. The highest BCUT2D eigenvalue weighted by molar-refractivity contribution is 9.10. The molecule has 0 aromatic heterocycles. The van der Waals surface area contributed by atoms with Gasteiger partial charge in [0.15, 0.2) is 0 Å². The van der Waals surface area contributed by atoms with Crippen LogP contribution in [0.4, 0.5) is 0 Å². The van der Waals surface area contributed by atoms with Crippen molar-refractivity contribution in [3.05, 3.63) is 28.2 Å². The van der Waals surface area contributed by atoms with Crippen LogP contribution in [-0.2, 0) is 11.3 Å². The molecular weight excluding hydrogens is 332 g/mol. The zero-order valence-electron chi connectivity index (χ0n) is 11.8. The molecule has 0 bridgehead atoms. The van der Waals surface area contributed by atoms with Crippen molar-refractivity contribution in [1.29, 1.82) is 0 Å². The fourth-order valence-corrected chi connectivity index (χ4v) is 2.34. The number of rotatable bonds is 8. The second kappa shape index (κ2) is 8.06. The van der Waals surface area contributed by atoms with Gasteiger partial charge in [0.2, 0.25) is 5.91 Å². The third-order valence-corrected chi connectivity index (χ3v) is 3.69. The number of halogens is 1. The summed E-state index contributed by atoms with van der Waals surface area (Å²) in [4.78, 5) is 11.5. The van der Waals surface area contributed by atoms with Crippen molar-refractivity contribution in [3.8, 4) is 18.1 Å². The number of amides is 1. The Balaban J connectivity index is 1.74. The minimum atomic E-state index is 0.178. The Hall–Kier alpha value is -1.51. The fraction of sp³-hybridized carbons (Fsp3) is 0.438. The molecule has 2 rings (SSSR count). The first-order valence-corrected chi connectivity index (χ1v) is 7.83. The molecule has 0 saturated heterocycles. The van der Waals surface area contributed by atoms with Gasteiger partial charge in [-0.3, -0.25) is 4.79 Å². The van der Waals surface area contributed by atoms with Gasteiger partial charge in [0.05, 0.1) is 0 Å². The summed E-state index contributed by atoms with van der Waals surface area (Å²) in [5.41, 5.74) is 1.04. The smallest absolute Gasteiger partial charge is 0.223 e. The minimum Gasteiger partial charge on any atom is -0.481 e. The molecule has 4 nitrogen and oxygen atoms in total. The second-order valence-corrected chi connectivity index (χ2v) is 5.90. The van der Waals surface area contributed by atoms with E-state index in [2.05, 4.69) is 32.5 Å². The maximum Gasteiger partial charge on any atom is 0.223 e. The number of carbonyl (C=O) groups is 1. The highest BCUT2D eigenvalue weighted by atomic mass is 79.9. The van der Waals surface area contributed by atoms with Gasteiger partial charge in [0.25, 0.3) is 0 Å². The van der Waals surface area contributed by atoms with Crippen molar-refractivity contribution >= 4 is 21.8 Å². The molecular formula is C16H19BrN2O2. The summed E-state index contributed by atoms with van der Waals surface area (Å²) in [5.74, 6) is 3.69. The van der Waals surface area contributed by atoms with Crippen LogP contribution in [0.5, 0.6) is 5.75 Å². The second-order valence-electron chi connectivity index (χ2n) is 4.99. The van der Waals surface area contributed by atoms with Gasteiger partial charge in [-0.05, 0) is 31.0 Å². The topological polar surface area (TPSA) is 50.4 Å². The Morgan fingerprint density at radius 3 is 2.95 bits per heavy atom. The van der Waals surface area contributed by atoms with Gasteiger partial charge in [-0.1, -0.05) is 21.9 Å². The molecule has 1 aromatic carbocycles. The molecule has 21 heavy (non-hydrogen) atoms. The number of benzene rings is 1. The van der Waals surface area contributed by atoms with Crippen LogP contribution in [0.15, 0.2) is 22.7 Å². The first-order chi connectivity index (χ1) is 10.2. The lowest BCUT2D eigenvalue weighted by Gasteiger charge is -2.11. The lowest BCUT2D eigenvalue weighted by Crippen LogP contribution is -2.32. The molecule has 112 valence electrons. The van der Waals surface area contributed by atoms with Crippen molar-refractivity contribution in [3.63, 3.8) is 0 Å². The maximum atomic E-state index is 11.5. The summed E-state index contributed by atoms with van der Waals surface area (Å²) in [6.45, 7) is 2.29. The molecule has 1 aliphatic rings. The van der Waals surface area contributed by atoms with Gasteiger partial charge in [-0.2, -0.15) is 0 Å². The zero-order chi connectivity index (χ0) is 15.1. The Morgan fingerprint density at radius 1 is 1.43 bits per heavy atom. The molecule has 0 unspecified atom stereocenters. The number of terminal acetylenes is 1. The van der Waals surface area contributed by atoms with Crippen molar-refractivity contribution in [2.24, 2.45) is 5.92 Å². The van der Waals surface area contributed by atoms with Crippen LogP contribution >= 0.6 is 15.9 Å². The maximum absolute atomic E-state index is 11.5. The van der Waals surface area contributed by atoms with E-state index >= 15 is 0 Å². The minimum absolute atomic E-state index is 0.178. The summed E-state index contributed by atoms with van der Waals surface area (Å²) >= 11 is 3.45. The van der Waals surface area contributed by atoms with E-state index in [4.69, 9.17) is 11.2 Å². The molecule has 0 radical (unpaired) electrons. The average Bonchev–Trinajstić information content (AvgIpc) is 3.30. The number of hydrogen-bond donors (Lipinski definition) is 2. The molecule has 5 heteroatoms. The molecule has 1 aliphatic carbocycles. The first-order valence-electron chi connectivity index (χ1n) is 7.04. The first kappa shape index (κ1) is 15.9. The van der Waals surface area contributed by atoms with Crippen LogP contribution < -0.4 is 15.4 Å². The van der Waals surface area contributed by atoms with Crippen LogP contribution in [0.25, 0.3) is 0 Å². The summed E-state index contributed by atoms with van der Waals surface area (Å²) in [6, 6.07) is 5.82.